The van der Waals surface area contributed by atoms with Gasteiger partial charge in [0.15, 0.2) is 5.82 Å². The summed E-state index contributed by atoms with van der Waals surface area (Å²) in [6.07, 6.45) is 3.05. The van der Waals surface area contributed by atoms with Crippen molar-refractivity contribution in [2.45, 2.75) is 13.7 Å². The number of ether oxygens (including phenoxy) is 3. The number of amides is 1. The second-order valence-corrected chi connectivity index (χ2v) is 8.01. The molecule has 0 saturated carbocycles. The first kappa shape index (κ1) is 25.1. The first-order chi connectivity index (χ1) is 17.3. The van der Waals surface area contributed by atoms with Crippen molar-refractivity contribution in [2.24, 2.45) is 0 Å². The molecular formula is C23H23ClN6O6. The van der Waals surface area contributed by atoms with Gasteiger partial charge in [0.25, 0.3) is 5.91 Å². The largest absolute Gasteiger partial charge is 0.480 e. The van der Waals surface area contributed by atoms with Crippen LogP contribution in [0.3, 0.4) is 0 Å². The minimum atomic E-state index is -1.24. The number of anilines is 1. The Balaban J connectivity index is 1.76. The molecule has 36 heavy (non-hydrogen) atoms. The summed E-state index contributed by atoms with van der Waals surface area (Å²) in [4.78, 5) is 30.0. The topological polar surface area (TPSA) is 143 Å². The van der Waals surface area contributed by atoms with Gasteiger partial charge in [0.1, 0.15) is 18.0 Å². The summed E-state index contributed by atoms with van der Waals surface area (Å²) in [7, 11) is 2.96. The molecule has 0 aliphatic heterocycles. The van der Waals surface area contributed by atoms with Gasteiger partial charge in [-0.15, -0.1) is 5.10 Å². The number of hydrogen-bond donors (Lipinski definition) is 2. The lowest BCUT2D eigenvalue weighted by molar-refractivity contribution is 0.0307. The van der Waals surface area contributed by atoms with Crippen molar-refractivity contribution < 1.29 is 28.9 Å². The molecule has 4 rings (SSSR count). The number of nitrogens with zero attached hydrogens (tertiary/aromatic N) is 5. The van der Waals surface area contributed by atoms with Crippen LogP contribution in [0.25, 0.3) is 16.7 Å². The second-order valence-electron chi connectivity index (χ2n) is 7.61. The minimum absolute atomic E-state index is 0.00569. The van der Waals surface area contributed by atoms with Crippen molar-refractivity contribution in [1.29, 1.82) is 0 Å². The van der Waals surface area contributed by atoms with Crippen molar-refractivity contribution in [1.82, 2.24) is 24.5 Å². The molecule has 0 radical (unpaired) electrons. The van der Waals surface area contributed by atoms with E-state index in [0.29, 0.717) is 29.7 Å². The molecule has 4 aromatic rings. The van der Waals surface area contributed by atoms with Gasteiger partial charge in [-0.3, -0.25) is 4.79 Å². The van der Waals surface area contributed by atoms with Gasteiger partial charge in [-0.2, -0.15) is 5.10 Å². The van der Waals surface area contributed by atoms with E-state index in [9.17, 15) is 14.7 Å². The summed E-state index contributed by atoms with van der Waals surface area (Å²) in [6, 6.07) is 6.40. The quantitative estimate of drug-likeness (QED) is 0.305. The number of aromatic nitrogens is 5. The van der Waals surface area contributed by atoms with Gasteiger partial charge in [0.05, 0.1) is 42.7 Å². The summed E-state index contributed by atoms with van der Waals surface area (Å²) in [5.41, 5.74) is 0.860. The Morgan fingerprint density at radius 3 is 2.72 bits per heavy atom. The Hall–Kier alpha value is -4.00. The fraction of sp³-hybridized carbons (Fsp3) is 0.261. The van der Waals surface area contributed by atoms with E-state index in [1.54, 1.807) is 38.4 Å². The highest BCUT2D eigenvalue weighted by atomic mass is 35.5. The number of aromatic carboxylic acids is 1. The lowest BCUT2D eigenvalue weighted by Gasteiger charge is -2.15. The third kappa shape index (κ3) is 4.87. The van der Waals surface area contributed by atoms with E-state index in [-0.39, 0.29) is 40.4 Å². The van der Waals surface area contributed by atoms with Crippen LogP contribution in [-0.2, 0) is 16.2 Å². The van der Waals surface area contributed by atoms with Crippen molar-refractivity contribution in [3.63, 3.8) is 0 Å². The summed E-state index contributed by atoms with van der Waals surface area (Å²) in [5, 5.41) is 22.2. The van der Waals surface area contributed by atoms with Gasteiger partial charge in [-0.1, -0.05) is 11.6 Å². The number of methoxy groups -OCH3 is 2. The molecule has 0 unspecified atom stereocenters. The number of carbonyl (C=O) groups is 2. The monoisotopic (exact) mass is 514 g/mol. The average molecular weight is 515 g/mol. The molecule has 0 atom stereocenters. The summed E-state index contributed by atoms with van der Waals surface area (Å²) in [5.74, 6) is -1.51. The molecule has 3 aromatic heterocycles. The van der Waals surface area contributed by atoms with Crippen LogP contribution in [0.1, 0.15) is 26.4 Å². The SMILES string of the molecule is COCCOCn1ncc2cc(C)c(NC(=O)c3cc(OC)nn3-c3ncccc3Cl)c(C(=O)O)c21. The molecule has 12 nitrogen and oxygen atoms in total. The summed E-state index contributed by atoms with van der Waals surface area (Å²) < 4.78 is 18.3. The van der Waals surface area contributed by atoms with Crippen LogP contribution in [-0.4, -0.2) is 69.0 Å². The molecule has 0 saturated heterocycles. The Morgan fingerprint density at radius 2 is 2.03 bits per heavy atom. The second kappa shape index (κ2) is 10.7. The highest BCUT2D eigenvalue weighted by Crippen LogP contribution is 2.31. The molecule has 2 N–H and O–H groups in total. The number of aryl methyl sites for hydroxylation is 1. The molecule has 0 aliphatic rings. The molecule has 0 aliphatic carbocycles. The van der Waals surface area contributed by atoms with E-state index in [0.717, 1.165) is 0 Å². The molecule has 1 amide bonds. The predicted molar refractivity (Wildman–Crippen MR) is 130 cm³/mol. The predicted octanol–water partition coefficient (Wildman–Crippen LogP) is 3.16. The third-order valence-electron chi connectivity index (χ3n) is 5.29. The van der Waals surface area contributed by atoms with E-state index in [2.05, 4.69) is 20.5 Å². The number of nitrogens with one attached hydrogen (secondary N) is 1. The third-order valence-corrected chi connectivity index (χ3v) is 5.58. The maximum atomic E-state index is 13.4. The van der Waals surface area contributed by atoms with E-state index in [1.807, 2.05) is 0 Å². The number of rotatable bonds is 10. The number of pyridine rings is 1. The normalized spacial score (nSPS) is 11.1. The molecule has 13 heteroatoms. The van der Waals surface area contributed by atoms with Crippen LogP contribution < -0.4 is 10.1 Å². The maximum absolute atomic E-state index is 13.4. The molecule has 0 fully saturated rings. The lowest BCUT2D eigenvalue weighted by Crippen LogP contribution is -2.20. The molecule has 0 bridgehead atoms. The van der Waals surface area contributed by atoms with Crippen LogP contribution in [0.4, 0.5) is 5.69 Å². The van der Waals surface area contributed by atoms with Crippen molar-refractivity contribution in [2.75, 3.05) is 32.8 Å². The Labute approximate surface area is 210 Å². The smallest absolute Gasteiger partial charge is 0.340 e. The molecule has 0 spiro atoms. The number of carbonyl (C=O) groups excluding carboxylic acids is 1. The average Bonchev–Trinajstić information content (AvgIpc) is 3.46. The molecular weight excluding hydrogens is 492 g/mol. The van der Waals surface area contributed by atoms with Crippen LogP contribution >= 0.6 is 11.6 Å². The number of halogens is 1. The minimum Gasteiger partial charge on any atom is -0.480 e. The van der Waals surface area contributed by atoms with Gasteiger partial charge < -0.3 is 24.6 Å². The molecule has 3 heterocycles. The Bertz CT molecular complexity index is 1430. The van der Waals surface area contributed by atoms with Crippen molar-refractivity contribution in [3.8, 4) is 11.7 Å². The van der Waals surface area contributed by atoms with Crippen molar-refractivity contribution >= 4 is 40.1 Å². The standard InChI is InChI=1S/C23H23ClN6O6/c1-13-9-14-11-26-29(12-36-8-7-34-2)20(14)18(23(32)33)19(13)27-22(31)16-10-17(35-3)28-30(16)21-15(24)5-4-6-25-21/h4-6,9-11H,7-8,12H2,1-3H3,(H,27,31)(H,32,33). The first-order valence-electron chi connectivity index (χ1n) is 10.7. The number of benzene rings is 1. The van der Waals surface area contributed by atoms with E-state index in [4.69, 9.17) is 25.8 Å². The maximum Gasteiger partial charge on any atom is 0.340 e. The zero-order chi connectivity index (χ0) is 25.8. The number of carboxylic acid groups (broad SMARTS) is 1. The molecule has 188 valence electrons. The van der Waals surface area contributed by atoms with Gasteiger partial charge in [-0.25, -0.2) is 19.1 Å². The van der Waals surface area contributed by atoms with Gasteiger partial charge in [-0.05, 0) is 30.7 Å². The van der Waals surface area contributed by atoms with Crippen LogP contribution in [0.2, 0.25) is 5.02 Å². The number of carboxylic acids is 1. The van der Waals surface area contributed by atoms with Crippen LogP contribution in [0, 0.1) is 6.92 Å². The first-order valence-corrected chi connectivity index (χ1v) is 11.1. The van der Waals surface area contributed by atoms with E-state index < -0.39 is 11.9 Å². The van der Waals surface area contributed by atoms with Crippen molar-refractivity contribution in [3.05, 3.63) is 58.5 Å². The fourth-order valence-corrected chi connectivity index (χ4v) is 3.85. The zero-order valence-corrected chi connectivity index (χ0v) is 20.4. The lowest BCUT2D eigenvalue weighted by atomic mass is 10.0. The van der Waals surface area contributed by atoms with E-state index in [1.165, 1.54) is 28.7 Å². The van der Waals surface area contributed by atoms with Gasteiger partial charge >= 0.3 is 5.97 Å². The van der Waals surface area contributed by atoms with E-state index >= 15 is 0 Å². The Morgan fingerprint density at radius 1 is 1.22 bits per heavy atom. The zero-order valence-electron chi connectivity index (χ0n) is 19.7. The van der Waals surface area contributed by atoms with Gasteiger partial charge in [0, 0.05) is 24.8 Å². The van der Waals surface area contributed by atoms with Gasteiger partial charge in [0.2, 0.25) is 5.88 Å². The number of fused-ring (bicyclic) bond motifs is 1. The molecule has 1 aromatic carbocycles. The summed E-state index contributed by atoms with van der Waals surface area (Å²) >= 11 is 6.27. The highest BCUT2D eigenvalue weighted by molar-refractivity contribution is 6.32. The Kier molecular flexibility index (Phi) is 7.48. The van der Waals surface area contributed by atoms with Crippen LogP contribution in [0.5, 0.6) is 5.88 Å². The number of hydrogen-bond acceptors (Lipinski definition) is 8. The highest BCUT2D eigenvalue weighted by Gasteiger charge is 2.25. The van der Waals surface area contributed by atoms with Crippen LogP contribution in [0.15, 0.2) is 36.7 Å². The fourth-order valence-electron chi connectivity index (χ4n) is 3.65. The summed E-state index contributed by atoms with van der Waals surface area (Å²) in [6.45, 7) is 2.38.